The first-order chi connectivity index (χ1) is 20.1. The van der Waals surface area contributed by atoms with Crippen LogP contribution in [0.3, 0.4) is 0 Å². The number of amides is 1. The summed E-state index contributed by atoms with van der Waals surface area (Å²) in [5, 5.41) is 3.23. The van der Waals surface area contributed by atoms with Gasteiger partial charge in [-0.15, -0.1) is 0 Å². The summed E-state index contributed by atoms with van der Waals surface area (Å²) >= 11 is 0. The molecule has 2 saturated heterocycles. The van der Waals surface area contributed by atoms with Gasteiger partial charge in [0.1, 0.15) is 12.4 Å². The lowest BCUT2D eigenvalue weighted by molar-refractivity contribution is -0.121. The number of benzene rings is 3. The van der Waals surface area contributed by atoms with E-state index < -0.39 is 0 Å². The highest BCUT2D eigenvalue weighted by Crippen LogP contribution is 2.36. The summed E-state index contributed by atoms with van der Waals surface area (Å²) in [6, 6.07) is 27.6. The molecule has 41 heavy (non-hydrogen) atoms. The van der Waals surface area contributed by atoms with Crippen LogP contribution in [-0.4, -0.2) is 62.1 Å². The van der Waals surface area contributed by atoms with Crippen molar-refractivity contribution in [3.8, 4) is 5.75 Å². The summed E-state index contributed by atoms with van der Waals surface area (Å²) in [5.41, 5.74) is 6.88. The lowest BCUT2D eigenvalue weighted by atomic mass is 9.87. The average molecular weight is 552 g/mol. The molecule has 2 fully saturated rings. The fourth-order valence-corrected chi connectivity index (χ4v) is 6.10. The van der Waals surface area contributed by atoms with Crippen LogP contribution in [0.25, 0.3) is 11.1 Å². The van der Waals surface area contributed by atoms with E-state index in [1.807, 2.05) is 6.07 Å². The van der Waals surface area contributed by atoms with Crippen molar-refractivity contribution in [2.45, 2.75) is 45.4 Å². The van der Waals surface area contributed by atoms with Crippen LogP contribution in [-0.2, 0) is 4.79 Å². The van der Waals surface area contributed by atoms with E-state index in [-0.39, 0.29) is 11.8 Å². The van der Waals surface area contributed by atoms with Gasteiger partial charge in [0.25, 0.3) is 0 Å². The zero-order valence-electron chi connectivity index (χ0n) is 24.8. The van der Waals surface area contributed by atoms with Gasteiger partial charge in [-0.3, -0.25) is 9.69 Å². The number of allylic oxidation sites excluding steroid dienone is 1. The molecule has 0 radical (unpaired) electrons. The van der Waals surface area contributed by atoms with Gasteiger partial charge in [0, 0.05) is 18.2 Å². The number of carbonyl (C=O) groups is 1. The number of anilines is 1. The van der Waals surface area contributed by atoms with Gasteiger partial charge in [-0.05, 0) is 117 Å². The van der Waals surface area contributed by atoms with Crippen molar-refractivity contribution in [1.29, 1.82) is 0 Å². The molecule has 1 N–H and O–H groups in total. The first-order valence-electron chi connectivity index (χ1n) is 15.4. The molecule has 3 aromatic carbocycles. The summed E-state index contributed by atoms with van der Waals surface area (Å²) in [6.45, 7) is 8.28. The maximum absolute atomic E-state index is 13.1. The molecule has 2 heterocycles. The summed E-state index contributed by atoms with van der Waals surface area (Å²) in [6.07, 6.45) is 6.42. The van der Waals surface area contributed by atoms with Crippen LogP contribution in [0.2, 0.25) is 0 Å². The number of hydrogen-bond donors (Lipinski definition) is 1. The number of ether oxygens (including phenoxy) is 1. The SMILES string of the molecule is CCC/C(=C(\c1ccccc1)c1cccc(NC(=O)C2CCN(C)CC2)c1)c1ccc(OCCN2CCCC2)cc1. The normalized spacial score (nSPS) is 17.3. The number of hydrogen-bond acceptors (Lipinski definition) is 4. The molecule has 2 aliphatic rings. The largest absolute Gasteiger partial charge is 0.492 e. The average Bonchev–Trinajstić information content (AvgIpc) is 3.52. The third kappa shape index (κ3) is 7.87. The summed E-state index contributed by atoms with van der Waals surface area (Å²) in [7, 11) is 2.12. The molecule has 0 spiro atoms. The van der Waals surface area contributed by atoms with Crippen molar-refractivity contribution >= 4 is 22.7 Å². The molecule has 216 valence electrons. The molecule has 0 bridgehead atoms. The van der Waals surface area contributed by atoms with Gasteiger partial charge >= 0.3 is 0 Å². The number of carbonyl (C=O) groups excluding carboxylic acids is 1. The Morgan fingerprint density at radius 1 is 0.854 bits per heavy atom. The number of rotatable bonds is 11. The molecule has 0 aliphatic carbocycles. The van der Waals surface area contributed by atoms with Crippen LogP contribution in [0.15, 0.2) is 78.9 Å². The Kier molecular flexibility index (Phi) is 10.3. The number of piperidine rings is 1. The highest BCUT2D eigenvalue weighted by Gasteiger charge is 2.23. The third-order valence-electron chi connectivity index (χ3n) is 8.45. The first-order valence-corrected chi connectivity index (χ1v) is 15.4. The van der Waals surface area contributed by atoms with Gasteiger partial charge < -0.3 is 15.0 Å². The zero-order chi connectivity index (χ0) is 28.4. The Balaban J connectivity index is 1.41. The Morgan fingerprint density at radius 2 is 1.56 bits per heavy atom. The molecule has 0 atom stereocenters. The minimum atomic E-state index is 0.0747. The quantitative estimate of drug-likeness (QED) is 0.256. The van der Waals surface area contributed by atoms with Crippen molar-refractivity contribution in [3.63, 3.8) is 0 Å². The zero-order valence-corrected chi connectivity index (χ0v) is 24.8. The molecule has 0 unspecified atom stereocenters. The van der Waals surface area contributed by atoms with Crippen molar-refractivity contribution in [2.24, 2.45) is 5.92 Å². The molecular formula is C36H45N3O2. The molecule has 5 rings (SSSR count). The summed E-state index contributed by atoms with van der Waals surface area (Å²) in [5.74, 6) is 1.13. The van der Waals surface area contributed by atoms with Gasteiger partial charge in [-0.1, -0.05) is 67.9 Å². The maximum Gasteiger partial charge on any atom is 0.227 e. The molecule has 2 aliphatic heterocycles. The molecular weight excluding hydrogens is 506 g/mol. The monoisotopic (exact) mass is 551 g/mol. The Bertz CT molecular complexity index is 1290. The van der Waals surface area contributed by atoms with Gasteiger partial charge in [0.05, 0.1) is 0 Å². The lowest BCUT2D eigenvalue weighted by Gasteiger charge is -2.28. The van der Waals surface area contributed by atoms with Crippen LogP contribution >= 0.6 is 0 Å². The maximum atomic E-state index is 13.1. The minimum Gasteiger partial charge on any atom is -0.492 e. The fourth-order valence-electron chi connectivity index (χ4n) is 6.10. The summed E-state index contributed by atoms with van der Waals surface area (Å²) in [4.78, 5) is 17.9. The van der Waals surface area contributed by atoms with Crippen molar-refractivity contribution in [3.05, 3.63) is 95.6 Å². The highest BCUT2D eigenvalue weighted by atomic mass is 16.5. The van der Waals surface area contributed by atoms with Gasteiger partial charge in [-0.2, -0.15) is 0 Å². The van der Waals surface area contributed by atoms with E-state index in [2.05, 4.69) is 102 Å². The number of nitrogens with one attached hydrogen (secondary N) is 1. The molecule has 1 amide bonds. The number of nitrogens with zero attached hydrogens (tertiary/aromatic N) is 2. The predicted octanol–water partition coefficient (Wildman–Crippen LogP) is 7.20. The van der Waals surface area contributed by atoms with Crippen LogP contribution in [0.5, 0.6) is 5.75 Å². The second-order valence-electron chi connectivity index (χ2n) is 11.5. The summed E-state index contributed by atoms with van der Waals surface area (Å²) < 4.78 is 6.10. The highest BCUT2D eigenvalue weighted by molar-refractivity contribution is 6.00. The van der Waals surface area contributed by atoms with E-state index >= 15 is 0 Å². The van der Waals surface area contributed by atoms with Crippen LogP contribution in [0.1, 0.15) is 62.1 Å². The van der Waals surface area contributed by atoms with Crippen molar-refractivity contribution < 1.29 is 9.53 Å². The van der Waals surface area contributed by atoms with E-state index in [9.17, 15) is 4.79 Å². The standard InChI is InChI=1S/C36H45N3O2/c1-3-10-34(28-15-17-33(18-16-28)41-26-25-39-21-7-8-22-39)35(29-11-5-4-6-12-29)31-13-9-14-32(27-31)37-36(40)30-19-23-38(2)24-20-30/h4-6,9,11-18,27,30H,3,7-8,10,19-26H2,1-2H3,(H,37,40)/b35-34-. The van der Waals surface area contributed by atoms with Crippen molar-refractivity contribution in [1.82, 2.24) is 9.80 Å². The predicted molar refractivity (Wildman–Crippen MR) is 170 cm³/mol. The van der Waals surface area contributed by atoms with Crippen LogP contribution in [0, 0.1) is 5.92 Å². The number of likely N-dealkylation sites (tertiary alicyclic amines) is 2. The van der Waals surface area contributed by atoms with E-state index in [0.717, 1.165) is 68.9 Å². The fraction of sp³-hybridized carbons (Fsp3) is 0.417. The Hall–Kier alpha value is -3.41. The Morgan fingerprint density at radius 3 is 2.27 bits per heavy atom. The lowest BCUT2D eigenvalue weighted by Crippen LogP contribution is -2.35. The van der Waals surface area contributed by atoms with Crippen LogP contribution in [0.4, 0.5) is 5.69 Å². The first kappa shape index (κ1) is 29.1. The van der Waals surface area contributed by atoms with E-state index in [4.69, 9.17) is 4.74 Å². The van der Waals surface area contributed by atoms with Gasteiger partial charge in [0.2, 0.25) is 5.91 Å². The topological polar surface area (TPSA) is 44.8 Å². The molecule has 5 nitrogen and oxygen atoms in total. The molecule has 0 saturated carbocycles. The van der Waals surface area contributed by atoms with E-state index in [1.54, 1.807) is 0 Å². The molecule has 3 aromatic rings. The molecule has 5 heteroatoms. The third-order valence-corrected chi connectivity index (χ3v) is 8.45. The second kappa shape index (κ2) is 14.5. The Labute approximate surface area is 246 Å². The van der Waals surface area contributed by atoms with Crippen molar-refractivity contribution in [2.75, 3.05) is 51.7 Å². The van der Waals surface area contributed by atoms with E-state index in [1.165, 1.54) is 48.2 Å². The van der Waals surface area contributed by atoms with Gasteiger partial charge in [0.15, 0.2) is 0 Å². The van der Waals surface area contributed by atoms with Gasteiger partial charge in [-0.25, -0.2) is 0 Å². The minimum absolute atomic E-state index is 0.0747. The smallest absolute Gasteiger partial charge is 0.227 e. The van der Waals surface area contributed by atoms with Crippen LogP contribution < -0.4 is 10.1 Å². The molecule has 0 aromatic heterocycles. The second-order valence-corrected chi connectivity index (χ2v) is 11.5. The van der Waals surface area contributed by atoms with E-state index in [0.29, 0.717) is 0 Å².